The maximum absolute atomic E-state index is 14.9. The molecular weight excluding hydrogens is 438 g/mol. The van der Waals surface area contributed by atoms with E-state index in [4.69, 9.17) is 0 Å². The Morgan fingerprint density at radius 3 is 2.41 bits per heavy atom. The maximum Gasteiger partial charge on any atom is 0.228 e. The van der Waals surface area contributed by atoms with Crippen molar-refractivity contribution in [1.29, 1.82) is 0 Å². The van der Waals surface area contributed by atoms with Gasteiger partial charge in [-0.1, -0.05) is 0 Å². The highest BCUT2D eigenvalue weighted by Gasteiger charge is 2.18. The SMILES string of the molecule is Cc1nc2c(F)cc(-c3cc(Nc4ncc(N5CCNCC5)cn4)ncc3F)cc2n1C(C)C. The number of nitrogens with zero attached hydrogens (tertiary/aromatic N) is 6. The number of fused-ring (bicyclic) bond motifs is 1. The number of hydrogen-bond donors (Lipinski definition) is 2. The largest absolute Gasteiger partial charge is 0.366 e. The summed E-state index contributed by atoms with van der Waals surface area (Å²) < 4.78 is 31.6. The van der Waals surface area contributed by atoms with Crippen molar-refractivity contribution in [2.75, 3.05) is 36.4 Å². The van der Waals surface area contributed by atoms with Crippen molar-refractivity contribution in [2.24, 2.45) is 0 Å². The molecule has 1 fully saturated rings. The lowest BCUT2D eigenvalue weighted by molar-refractivity contribution is 0.588. The molecule has 0 spiro atoms. The molecule has 0 saturated carbocycles. The third kappa shape index (κ3) is 4.16. The molecule has 4 aromatic rings. The molecule has 0 atom stereocenters. The maximum atomic E-state index is 14.9. The first-order chi connectivity index (χ1) is 16.4. The molecule has 1 aliphatic rings. The van der Waals surface area contributed by atoms with Gasteiger partial charge in [-0.25, -0.2) is 28.7 Å². The molecule has 0 unspecified atom stereocenters. The van der Waals surface area contributed by atoms with Gasteiger partial charge in [0.25, 0.3) is 0 Å². The summed E-state index contributed by atoms with van der Waals surface area (Å²) in [6.45, 7) is 9.48. The van der Waals surface area contributed by atoms with Crippen molar-refractivity contribution in [2.45, 2.75) is 26.8 Å². The summed E-state index contributed by atoms with van der Waals surface area (Å²) in [5, 5.41) is 6.33. The summed E-state index contributed by atoms with van der Waals surface area (Å²) in [5.74, 6) is 0.374. The number of rotatable bonds is 5. The second-order valence-corrected chi connectivity index (χ2v) is 8.62. The van der Waals surface area contributed by atoms with E-state index in [2.05, 4.69) is 35.5 Å². The summed E-state index contributed by atoms with van der Waals surface area (Å²) in [6.07, 6.45) is 4.62. The van der Waals surface area contributed by atoms with Crippen LogP contribution in [0.15, 0.2) is 36.8 Å². The molecule has 10 heteroatoms. The number of benzene rings is 1. The van der Waals surface area contributed by atoms with Crippen LogP contribution in [-0.2, 0) is 0 Å². The Bertz CT molecular complexity index is 1330. The number of anilines is 3. The quantitative estimate of drug-likeness (QED) is 0.458. The minimum Gasteiger partial charge on any atom is -0.366 e. The third-order valence-electron chi connectivity index (χ3n) is 5.97. The predicted octanol–water partition coefficient (Wildman–Crippen LogP) is 4.21. The highest BCUT2D eigenvalue weighted by Crippen LogP contribution is 2.32. The van der Waals surface area contributed by atoms with Crippen molar-refractivity contribution in [1.82, 2.24) is 29.8 Å². The van der Waals surface area contributed by atoms with Crippen molar-refractivity contribution >= 4 is 28.5 Å². The normalized spacial score (nSPS) is 14.2. The molecule has 1 aromatic carbocycles. The van der Waals surface area contributed by atoms with E-state index in [-0.39, 0.29) is 17.1 Å². The Morgan fingerprint density at radius 2 is 1.71 bits per heavy atom. The molecule has 2 N–H and O–H groups in total. The molecule has 1 aliphatic heterocycles. The fraction of sp³-hybridized carbons (Fsp3) is 0.333. The van der Waals surface area contributed by atoms with Crippen molar-refractivity contribution in [3.05, 3.63) is 54.2 Å². The number of aryl methyl sites for hydroxylation is 1. The Hall–Kier alpha value is -3.66. The molecule has 0 radical (unpaired) electrons. The highest BCUT2D eigenvalue weighted by atomic mass is 19.1. The molecule has 176 valence electrons. The average molecular weight is 465 g/mol. The van der Waals surface area contributed by atoms with E-state index >= 15 is 0 Å². The van der Waals surface area contributed by atoms with E-state index < -0.39 is 11.6 Å². The van der Waals surface area contributed by atoms with Gasteiger partial charge in [-0.3, -0.25) is 0 Å². The van der Waals surface area contributed by atoms with E-state index in [1.807, 2.05) is 25.3 Å². The van der Waals surface area contributed by atoms with Crippen LogP contribution in [-0.4, -0.2) is 50.7 Å². The van der Waals surface area contributed by atoms with Crippen molar-refractivity contribution < 1.29 is 8.78 Å². The van der Waals surface area contributed by atoms with Gasteiger partial charge in [0.1, 0.15) is 23.0 Å². The van der Waals surface area contributed by atoms with Crippen molar-refractivity contribution in [3.8, 4) is 11.1 Å². The van der Waals surface area contributed by atoms with E-state index in [0.29, 0.717) is 28.7 Å². The molecule has 3 aromatic heterocycles. The van der Waals surface area contributed by atoms with Gasteiger partial charge in [0.05, 0.1) is 29.8 Å². The van der Waals surface area contributed by atoms with Gasteiger partial charge in [-0.15, -0.1) is 0 Å². The van der Waals surface area contributed by atoms with E-state index in [1.54, 1.807) is 18.5 Å². The van der Waals surface area contributed by atoms with Crippen LogP contribution >= 0.6 is 0 Å². The summed E-state index contributed by atoms with van der Waals surface area (Å²) in [7, 11) is 0. The number of aromatic nitrogens is 5. The van der Waals surface area contributed by atoms with Gasteiger partial charge < -0.3 is 20.1 Å². The summed E-state index contributed by atoms with van der Waals surface area (Å²) >= 11 is 0. The smallest absolute Gasteiger partial charge is 0.228 e. The molecule has 4 heterocycles. The van der Waals surface area contributed by atoms with Crippen LogP contribution in [0.25, 0.3) is 22.2 Å². The lowest BCUT2D eigenvalue weighted by Gasteiger charge is -2.28. The number of nitrogens with one attached hydrogen (secondary N) is 2. The monoisotopic (exact) mass is 464 g/mol. The van der Waals surface area contributed by atoms with E-state index in [0.717, 1.165) is 38.1 Å². The van der Waals surface area contributed by atoms with Crippen LogP contribution in [0.4, 0.5) is 26.2 Å². The zero-order chi connectivity index (χ0) is 23.8. The van der Waals surface area contributed by atoms with Crippen LogP contribution in [0.5, 0.6) is 0 Å². The minimum atomic E-state index is -0.549. The number of piperazine rings is 1. The number of pyridine rings is 1. The van der Waals surface area contributed by atoms with Crippen LogP contribution in [0.1, 0.15) is 25.7 Å². The van der Waals surface area contributed by atoms with Crippen LogP contribution in [0, 0.1) is 18.6 Å². The second kappa shape index (κ2) is 8.94. The van der Waals surface area contributed by atoms with Gasteiger partial charge in [-0.05, 0) is 44.5 Å². The average Bonchev–Trinajstić information content (AvgIpc) is 3.18. The zero-order valence-corrected chi connectivity index (χ0v) is 19.3. The molecule has 0 bridgehead atoms. The summed E-state index contributed by atoms with van der Waals surface area (Å²) in [4.78, 5) is 19.4. The Labute approximate surface area is 196 Å². The van der Waals surface area contributed by atoms with Gasteiger partial charge in [0.15, 0.2) is 5.82 Å². The molecule has 1 saturated heterocycles. The van der Waals surface area contributed by atoms with E-state index in [1.165, 1.54) is 12.1 Å². The fourth-order valence-corrected chi connectivity index (χ4v) is 4.39. The summed E-state index contributed by atoms with van der Waals surface area (Å²) in [6, 6.07) is 4.69. The predicted molar refractivity (Wildman–Crippen MR) is 128 cm³/mol. The van der Waals surface area contributed by atoms with Crippen LogP contribution in [0.3, 0.4) is 0 Å². The number of halogens is 2. The minimum absolute atomic E-state index is 0.0838. The number of hydrogen-bond acceptors (Lipinski definition) is 7. The second-order valence-electron chi connectivity index (χ2n) is 8.62. The highest BCUT2D eigenvalue weighted by molar-refractivity contribution is 5.84. The standard InChI is InChI=1S/C24H26F2N8/c1-14(2)34-15(3)31-23-19(25)8-16(9-21(23)34)18-10-22(28-13-20(18)26)32-24-29-11-17(12-30-24)33-6-4-27-5-7-33/h8-14,27H,4-7H2,1-3H3,(H,28,29,30,32). The molecule has 0 amide bonds. The molecule has 8 nitrogen and oxygen atoms in total. The fourth-order valence-electron chi connectivity index (χ4n) is 4.39. The Kier molecular flexibility index (Phi) is 5.82. The van der Waals surface area contributed by atoms with Crippen molar-refractivity contribution in [3.63, 3.8) is 0 Å². The Balaban J connectivity index is 1.45. The lowest BCUT2D eigenvalue weighted by atomic mass is 10.0. The van der Waals surface area contributed by atoms with Crippen LogP contribution in [0.2, 0.25) is 0 Å². The first-order valence-electron chi connectivity index (χ1n) is 11.3. The number of imidazole rings is 1. The first-order valence-corrected chi connectivity index (χ1v) is 11.3. The third-order valence-corrected chi connectivity index (χ3v) is 5.97. The zero-order valence-electron chi connectivity index (χ0n) is 19.3. The Morgan fingerprint density at radius 1 is 0.971 bits per heavy atom. The molecule has 0 aliphatic carbocycles. The van der Waals surface area contributed by atoms with Gasteiger partial charge in [-0.2, -0.15) is 0 Å². The lowest BCUT2D eigenvalue weighted by Crippen LogP contribution is -2.43. The summed E-state index contributed by atoms with van der Waals surface area (Å²) in [5.41, 5.74) is 2.48. The molecule has 5 rings (SSSR count). The topological polar surface area (TPSA) is 83.8 Å². The molecule has 34 heavy (non-hydrogen) atoms. The van der Waals surface area contributed by atoms with Gasteiger partial charge in [0, 0.05) is 37.8 Å². The van der Waals surface area contributed by atoms with Gasteiger partial charge in [0.2, 0.25) is 5.95 Å². The van der Waals surface area contributed by atoms with Crippen LogP contribution < -0.4 is 15.5 Å². The van der Waals surface area contributed by atoms with E-state index in [9.17, 15) is 8.78 Å². The first kappa shape index (κ1) is 22.1. The molecular formula is C24H26F2N8. The van der Waals surface area contributed by atoms with Gasteiger partial charge >= 0.3 is 0 Å².